The van der Waals surface area contributed by atoms with Crippen molar-refractivity contribution in [1.82, 2.24) is 4.98 Å². The second-order valence-corrected chi connectivity index (χ2v) is 5.85. The maximum atomic E-state index is 10.6. The molecule has 0 spiro atoms. The third kappa shape index (κ3) is 4.11. The van der Waals surface area contributed by atoms with Crippen LogP contribution in [0.1, 0.15) is 12.5 Å². The maximum absolute atomic E-state index is 10.6. The Bertz CT molecular complexity index is 718. The van der Waals surface area contributed by atoms with Crippen molar-refractivity contribution in [2.24, 2.45) is 4.99 Å². The van der Waals surface area contributed by atoms with Crippen LogP contribution < -0.4 is 4.74 Å². The Kier molecular flexibility index (Phi) is 5.62. The summed E-state index contributed by atoms with van der Waals surface area (Å²) in [6.45, 7) is 2.63. The van der Waals surface area contributed by atoms with Gasteiger partial charge in [0.15, 0.2) is 11.9 Å². The van der Waals surface area contributed by atoms with Crippen molar-refractivity contribution in [2.45, 2.75) is 6.92 Å². The highest BCUT2D eigenvalue weighted by molar-refractivity contribution is 9.11. The van der Waals surface area contributed by atoms with Gasteiger partial charge >= 0.3 is 5.82 Å². The predicted octanol–water partition coefficient (Wildman–Crippen LogP) is 4.75. The van der Waals surface area contributed by atoms with Crippen LogP contribution in [0.25, 0.3) is 0 Å². The van der Waals surface area contributed by atoms with Crippen LogP contribution >= 0.6 is 31.9 Å². The molecule has 6 nitrogen and oxygen atoms in total. The predicted molar refractivity (Wildman–Crippen MR) is 90.9 cm³/mol. The van der Waals surface area contributed by atoms with Gasteiger partial charge in [-0.05, 0) is 51.0 Å². The van der Waals surface area contributed by atoms with E-state index in [1.807, 2.05) is 19.1 Å². The fourth-order valence-electron chi connectivity index (χ4n) is 1.58. The second kappa shape index (κ2) is 7.46. The van der Waals surface area contributed by atoms with E-state index in [-0.39, 0.29) is 5.82 Å². The summed E-state index contributed by atoms with van der Waals surface area (Å²) in [6, 6.07) is 6.46. The molecule has 0 saturated carbocycles. The van der Waals surface area contributed by atoms with Crippen LogP contribution in [0.15, 0.2) is 44.4 Å². The van der Waals surface area contributed by atoms with Gasteiger partial charge in [0.1, 0.15) is 5.75 Å². The standard InChI is InChI=1S/C14H11Br2N3O3/c1-2-17-7-9-5-13(12(16)6-11(9)15)22-10-3-4-14(18-8-10)19(20)21/h3-8H,2H2,1H3. The van der Waals surface area contributed by atoms with Crippen LogP contribution in [-0.2, 0) is 0 Å². The number of pyridine rings is 1. The van der Waals surface area contributed by atoms with Crippen LogP contribution in [-0.4, -0.2) is 22.7 Å². The molecule has 0 fully saturated rings. The molecule has 0 aliphatic heterocycles. The minimum Gasteiger partial charge on any atom is -0.452 e. The Balaban J connectivity index is 2.28. The Morgan fingerprint density at radius 3 is 2.73 bits per heavy atom. The van der Waals surface area contributed by atoms with Gasteiger partial charge in [-0.3, -0.25) is 4.99 Å². The molecule has 0 radical (unpaired) electrons. The second-order valence-electron chi connectivity index (χ2n) is 4.14. The van der Waals surface area contributed by atoms with E-state index in [9.17, 15) is 10.1 Å². The first-order valence-corrected chi connectivity index (χ1v) is 7.87. The highest BCUT2D eigenvalue weighted by Crippen LogP contribution is 2.34. The van der Waals surface area contributed by atoms with Crippen LogP contribution in [0.5, 0.6) is 11.5 Å². The molecule has 2 rings (SSSR count). The minimum atomic E-state index is -0.557. The van der Waals surface area contributed by atoms with Crippen molar-refractivity contribution < 1.29 is 9.66 Å². The fraction of sp³-hybridized carbons (Fsp3) is 0.143. The van der Waals surface area contributed by atoms with E-state index in [0.717, 1.165) is 14.5 Å². The lowest BCUT2D eigenvalue weighted by Crippen LogP contribution is -1.94. The number of halogens is 2. The van der Waals surface area contributed by atoms with E-state index in [1.165, 1.54) is 18.3 Å². The van der Waals surface area contributed by atoms with Crippen molar-refractivity contribution in [1.29, 1.82) is 0 Å². The monoisotopic (exact) mass is 427 g/mol. The molecule has 0 bridgehead atoms. The summed E-state index contributed by atoms with van der Waals surface area (Å²) in [5, 5.41) is 10.6. The molecule has 0 atom stereocenters. The SMILES string of the molecule is CCN=Cc1cc(Oc2ccc([N+](=O)[O-])nc2)c(Br)cc1Br. The molecule has 0 unspecified atom stereocenters. The van der Waals surface area contributed by atoms with E-state index in [2.05, 4.69) is 41.8 Å². The highest BCUT2D eigenvalue weighted by Gasteiger charge is 2.11. The molecule has 114 valence electrons. The van der Waals surface area contributed by atoms with Crippen molar-refractivity contribution in [3.8, 4) is 11.5 Å². The number of aromatic nitrogens is 1. The van der Waals surface area contributed by atoms with E-state index in [0.29, 0.717) is 18.0 Å². The molecule has 0 aliphatic carbocycles. The van der Waals surface area contributed by atoms with Gasteiger partial charge in [-0.15, -0.1) is 0 Å². The zero-order chi connectivity index (χ0) is 16.1. The van der Waals surface area contributed by atoms with Gasteiger partial charge in [0.05, 0.1) is 4.47 Å². The van der Waals surface area contributed by atoms with Crippen molar-refractivity contribution in [3.63, 3.8) is 0 Å². The summed E-state index contributed by atoms with van der Waals surface area (Å²) in [5.41, 5.74) is 0.870. The van der Waals surface area contributed by atoms with Gasteiger partial charge in [-0.1, -0.05) is 15.9 Å². The summed E-state index contributed by atoms with van der Waals surface area (Å²) in [6.07, 6.45) is 3.06. The summed E-state index contributed by atoms with van der Waals surface area (Å²) in [7, 11) is 0. The summed E-state index contributed by atoms with van der Waals surface area (Å²) < 4.78 is 7.33. The topological polar surface area (TPSA) is 77.6 Å². The first-order valence-electron chi connectivity index (χ1n) is 6.28. The van der Waals surface area contributed by atoms with Gasteiger partial charge in [0.2, 0.25) is 0 Å². The van der Waals surface area contributed by atoms with Crippen molar-refractivity contribution in [2.75, 3.05) is 6.54 Å². The van der Waals surface area contributed by atoms with Gasteiger partial charge in [0.25, 0.3) is 0 Å². The molecule has 22 heavy (non-hydrogen) atoms. The van der Waals surface area contributed by atoms with Crippen LogP contribution in [0.4, 0.5) is 5.82 Å². The van der Waals surface area contributed by atoms with E-state index >= 15 is 0 Å². The number of aliphatic imine (C=N–C) groups is 1. The molecule has 0 saturated heterocycles. The Hall–Kier alpha value is -1.80. The van der Waals surface area contributed by atoms with Crippen LogP contribution in [0.3, 0.4) is 0 Å². The van der Waals surface area contributed by atoms with Crippen molar-refractivity contribution >= 4 is 43.9 Å². The molecule has 1 aromatic carbocycles. The third-order valence-corrected chi connectivity index (χ3v) is 3.91. The minimum absolute atomic E-state index is 0.224. The number of hydrogen-bond acceptors (Lipinski definition) is 5. The molecule has 0 aliphatic rings. The zero-order valence-corrected chi connectivity index (χ0v) is 14.7. The summed E-state index contributed by atoms with van der Waals surface area (Å²) in [4.78, 5) is 17.9. The Morgan fingerprint density at radius 1 is 1.36 bits per heavy atom. The lowest BCUT2D eigenvalue weighted by atomic mass is 10.2. The third-order valence-electron chi connectivity index (χ3n) is 2.60. The first-order chi connectivity index (χ1) is 10.5. The summed E-state index contributed by atoms with van der Waals surface area (Å²) in [5.74, 6) is 0.751. The molecular weight excluding hydrogens is 418 g/mol. The molecule has 1 aromatic heterocycles. The van der Waals surface area contributed by atoms with Gasteiger partial charge < -0.3 is 14.9 Å². The lowest BCUT2D eigenvalue weighted by Gasteiger charge is -2.09. The summed E-state index contributed by atoms with van der Waals surface area (Å²) >= 11 is 6.87. The van der Waals surface area contributed by atoms with Gasteiger partial charge in [0, 0.05) is 28.9 Å². The molecular formula is C14H11Br2N3O3. The number of nitrogens with zero attached hydrogens (tertiary/aromatic N) is 3. The first kappa shape index (κ1) is 16.6. The largest absolute Gasteiger partial charge is 0.452 e. The maximum Gasteiger partial charge on any atom is 0.363 e. The number of rotatable bonds is 5. The average molecular weight is 429 g/mol. The normalized spacial score (nSPS) is 10.9. The van der Waals surface area contributed by atoms with E-state index in [1.54, 1.807) is 6.21 Å². The van der Waals surface area contributed by atoms with E-state index < -0.39 is 4.92 Å². The van der Waals surface area contributed by atoms with Crippen LogP contribution in [0, 0.1) is 10.1 Å². The van der Waals surface area contributed by atoms with Crippen molar-refractivity contribution in [3.05, 3.63) is 55.1 Å². The van der Waals surface area contributed by atoms with Crippen LogP contribution in [0.2, 0.25) is 0 Å². The number of benzene rings is 1. The smallest absolute Gasteiger partial charge is 0.363 e. The molecule has 0 N–H and O–H groups in total. The van der Waals surface area contributed by atoms with E-state index in [4.69, 9.17) is 4.74 Å². The average Bonchev–Trinajstić information content (AvgIpc) is 2.49. The molecule has 0 amide bonds. The Labute approximate surface area is 143 Å². The highest BCUT2D eigenvalue weighted by atomic mass is 79.9. The number of nitro groups is 1. The zero-order valence-electron chi connectivity index (χ0n) is 11.5. The quantitative estimate of drug-likeness (QED) is 0.391. The molecule has 8 heteroatoms. The number of ether oxygens (including phenoxy) is 1. The molecule has 1 heterocycles. The Morgan fingerprint density at radius 2 is 2.14 bits per heavy atom. The fourth-order valence-corrected chi connectivity index (χ4v) is 2.76. The van der Waals surface area contributed by atoms with Gasteiger partial charge in [-0.25, -0.2) is 0 Å². The lowest BCUT2D eigenvalue weighted by molar-refractivity contribution is -0.389. The van der Waals surface area contributed by atoms with Gasteiger partial charge in [-0.2, -0.15) is 0 Å². The molecule has 2 aromatic rings. The number of hydrogen-bond donors (Lipinski definition) is 0.